The first kappa shape index (κ1) is 12.5. The number of rotatable bonds is 3. The van der Waals surface area contributed by atoms with Crippen molar-refractivity contribution in [2.24, 2.45) is 0 Å². The fraction of sp³-hybridized carbons (Fsp3) is 0.417. The lowest BCUT2D eigenvalue weighted by Gasteiger charge is -2.15. The van der Waals surface area contributed by atoms with Crippen LogP contribution in [0.4, 0.5) is 0 Å². The molecule has 1 aromatic carbocycles. The molecule has 0 unspecified atom stereocenters. The number of hydrogen-bond acceptors (Lipinski definition) is 3. The van der Waals surface area contributed by atoms with Crippen molar-refractivity contribution in [3.05, 3.63) is 28.3 Å². The van der Waals surface area contributed by atoms with Crippen molar-refractivity contribution in [2.45, 2.75) is 20.8 Å². The summed E-state index contributed by atoms with van der Waals surface area (Å²) in [5.74, 6) is 0.463. The quantitative estimate of drug-likeness (QED) is 0.762. The molecule has 0 aliphatic heterocycles. The Kier molecular flexibility index (Phi) is 3.90. The summed E-state index contributed by atoms with van der Waals surface area (Å²) in [6.45, 7) is 5.86. The minimum Gasteiger partial charge on any atom is -0.496 e. The lowest BCUT2D eigenvalue weighted by atomic mass is 9.98. The molecule has 0 saturated carbocycles. The average Bonchev–Trinajstić information content (AvgIpc) is 2.23. The van der Waals surface area contributed by atoms with E-state index in [0.717, 1.165) is 16.7 Å². The van der Waals surface area contributed by atoms with Crippen LogP contribution in [0.25, 0.3) is 0 Å². The van der Waals surface area contributed by atoms with Crippen molar-refractivity contribution in [2.75, 3.05) is 14.2 Å². The summed E-state index contributed by atoms with van der Waals surface area (Å²) in [4.78, 5) is 11.9. The maximum atomic E-state index is 11.9. The average molecular weight is 222 g/mol. The van der Waals surface area contributed by atoms with Crippen LogP contribution in [0.3, 0.4) is 0 Å². The van der Waals surface area contributed by atoms with E-state index in [1.807, 2.05) is 26.8 Å². The van der Waals surface area contributed by atoms with E-state index >= 15 is 0 Å². The Balaban J connectivity index is 3.36. The Morgan fingerprint density at radius 1 is 1.25 bits per heavy atom. The Hall–Kier alpha value is -1.55. The first-order valence-corrected chi connectivity index (χ1v) is 5.14. The van der Waals surface area contributed by atoms with Gasteiger partial charge in [0.25, 0.3) is 5.91 Å². The molecule has 1 rings (SSSR count). The monoisotopic (exact) mass is 222 g/mol. The summed E-state index contributed by atoms with van der Waals surface area (Å²) >= 11 is 0. The number of ether oxygens (including phenoxy) is 1. The standard InChI is InChI=1S/C12H18N2O2/c1-7-6-8(2)10(12(15)14-13-4)11(16-5)9(7)3/h6,13H,1-5H3,(H,14,15). The molecule has 0 aliphatic rings. The molecule has 0 aromatic heterocycles. The molecule has 2 N–H and O–H groups in total. The lowest BCUT2D eigenvalue weighted by molar-refractivity contribution is 0.0934. The largest absolute Gasteiger partial charge is 0.496 e. The molecule has 0 radical (unpaired) electrons. The van der Waals surface area contributed by atoms with Gasteiger partial charge >= 0.3 is 0 Å². The summed E-state index contributed by atoms with van der Waals surface area (Å²) in [7, 11) is 3.23. The van der Waals surface area contributed by atoms with Gasteiger partial charge in [-0.2, -0.15) is 0 Å². The van der Waals surface area contributed by atoms with Crippen LogP contribution in [0.15, 0.2) is 6.07 Å². The Bertz CT molecular complexity index is 414. The molecule has 0 fully saturated rings. The van der Waals surface area contributed by atoms with Gasteiger partial charge in [0.15, 0.2) is 0 Å². The third kappa shape index (κ3) is 2.17. The van der Waals surface area contributed by atoms with Crippen molar-refractivity contribution in [3.8, 4) is 5.75 Å². The molecule has 4 nitrogen and oxygen atoms in total. The maximum absolute atomic E-state index is 11.9. The smallest absolute Gasteiger partial charge is 0.269 e. The van der Waals surface area contributed by atoms with Crippen LogP contribution in [-0.4, -0.2) is 20.1 Å². The van der Waals surface area contributed by atoms with Gasteiger partial charge in [0, 0.05) is 7.05 Å². The predicted octanol–water partition coefficient (Wildman–Crippen LogP) is 1.48. The highest BCUT2D eigenvalue weighted by atomic mass is 16.5. The molecule has 1 amide bonds. The van der Waals surface area contributed by atoms with E-state index in [0.29, 0.717) is 11.3 Å². The van der Waals surface area contributed by atoms with Crippen molar-refractivity contribution < 1.29 is 9.53 Å². The second kappa shape index (κ2) is 4.99. The van der Waals surface area contributed by atoms with Gasteiger partial charge in [0.2, 0.25) is 0 Å². The zero-order chi connectivity index (χ0) is 12.3. The highest BCUT2D eigenvalue weighted by Gasteiger charge is 2.18. The molecule has 0 heterocycles. The van der Waals surface area contributed by atoms with Gasteiger partial charge in [-0.25, -0.2) is 5.43 Å². The number of methoxy groups -OCH3 is 1. The number of carbonyl (C=O) groups is 1. The van der Waals surface area contributed by atoms with Crippen LogP contribution in [0, 0.1) is 20.8 Å². The number of aryl methyl sites for hydroxylation is 2. The second-order valence-corrected chi connectivity index (χ2v) is 3.75. The molecule has 88 valence electrons. The fourth-order valence-electron chi connectivity index (χ4n) is 1.76. The molecular formula is C12H18N2O2. The van der Waals surface area contributed by atoms with Crippen LogP contribution in [0.5, 0.6) is 5.75 Å². The fourth-order valence-corrected chi connectivity index (χ4v) is 1.76. The van der Waals surface area contributed by atoms with Gasteiger partial charge < -0.3 is 4.74 Å². The Labute approximate surface area is 96.0 Å². The maximum Gasteiger partial charge on any atom is 0.269 e. The summed E-state index contributed by atoms with van der Waals surface area (Å²) in [6.07, 6.45) is 0. The summed E-state index contributed by atoms with van der Waals surface area (Å²) < 4.78 is 5.32. The first-order valence-electron chi connectivity index (χ1n) is 5.14. The molecule has 0 atom stereocenters. The van der Waals surface area contributed by atoms with Gasteiger partial charge in [-0.15, -0.1) is 0 Å². The summed E-state index contributed by atoms with van der Waals surface area (Å²) in [5.41, 5.74) is 8.79. The number of benzene rings is 1. The van der Waals surface area contributed by atoms with Gasteiger partial charge in [-0.05, 0) is 37.5 Å². The molecule has 0 bridgehead atoms. The second-order valence-electron chi connectivity index (χ2n) is 3.75. The van der Waals surface area contributed by atoms with E-state index in [1.54, 1.807) is 14.2 Å². The highest BCUT2D eigenvalue weighted by Crippen LogP contribution is 2.29. The van der Waals surface area contributed by atoms with Crippen LogP contribution in [-0.2, 0) is 0 Å². The minimum atomic E-state index is -0.181. The summed E-state index contributed by atoms with van der Waals surface area (Å²) in [6, 6.07) is 1.99. The van der Waals surface area contributed by atoms with E-state index in [2.05, 4.69) is 10.9 Å². The zero-order valence-electron chi connectivity index (χ0n) is 10.4. The van der Waals surface area contributed by atoms with Crippen molar-refractivity contribution in [1.29, 1.82) is 0 Å². The predicted molar refractivity (Wildman–Crippen MR) is 63.7 cm³/mol. The van der Waals surface area contributed by atoms with E-state index in [4.69, 9.17) is 4.74 Å². The summed E-state index contributed by atoms with van der Waals surface area (Å²) in [5, 5.41) is 0. The topological polar surface area (TPSA) is 50.4 Å². The van der Waals surface area contributed by atoms with Gasteiger partial charge in [-0.3, -0.25) is 10.2 Å². The third-order valence-electron chi connectivity index (χ3n) is 2.66. The normalized spacial score (nSPS) is 10.1. The van der Waals surface area contributed by atoms with Crippen LogP contribution >= 0.6 is 0 Å². The Morgan fingerprint density at radius 3 is 2.38 bits per heavy atom. The van der Waals surface area contributed by atoms with Crippen LogP contribution in [0.1, 0.15) is 27.0 Å². The highest BCUT2D eigenvalue weighted by molar-refractivity contribution is 5.98. The minimum absolute atomic E-state index is 0.181. The van der Waals surface area contributed by atoms with Gasteiger partial charge in [0.1, 0.15) is 5.75 Å². The first-order chi connectivity index (χ1) is 7.52. The van der Waals surface area contributed by atoms with Gasteiger partial charge in [-0.1, -0.05) is 6.07 Å². The number of hydrazine groups is 1. The zero-order valence-corrected chi connectivity index (χ0v) is 10.4. The van der Waals surface area contributed by atoms with Crippen molar-refractivity contribution >= 4 is 5.91 Å². The molecule has 0 aliphatic carbocycles. The van der Waals surface area contributed by atoms with E-state index in [1.165, 1.54) is 0 Å². The third-order valence-corrected chi connectivity index (χ3v) is 2.66. The van der Waals surface area contributed by atoms with Crippen LogP contribution < -0.4 is 15.6 Å². The Morgan fingerprint density at radius 2 is 1.88 bits per heavy atom. The number of hydrogen-bond donors (Lipinski definition) is 2. The molecule has 1 aromatic rings. The van der Waals surface area contributed by atoms with Crippen LogP contribution in [0.2, 0.25) is 0 Å². The molecular weight excluding hydrogens is 204 g/mol. The van der Waals surface area contributed by atoms with E-state index in [-0.39, 0.29) is 5.91 Å². The number of carbonyl (C=O) groups excluding carboxylic acids is 1. The van der Waals surface area contributed by atoms with E-state index < -0.39 is 0 Å². The lowest BCUT2D eigenvalue weighted by Crippen LogP contribution is -2.35. The molecule has 0 saturated heterocycles. The SMILES string of the molecule is CNNC(=O)c1c(C)cc(C)c(C)c1OC. The number of nitrogens with one attached hydrogen (secondary N) is 2. The number of amides is 1. The van der Waals surface area contributed by atoms with Crippen molar-refractivity contribution in [1.82, 2.24) is 10.9 Å². The molecule has 16 heavy (non-hydrogen) atoms. The van der Waals surface area contributed by atoms with Gasteiger partial charge in [0.05, 0.1) is 12.7 Å². The van der Waals surface area contributed by atoms with E-state index in [9.17, 15) is 4.79 Å². The molecule has 0 spiro atoms. The van der Waals surface area contributed by atoms with Crippen molar-refractivity contribution in [3.63, 3.8) is 0 Å². The molecule has 4 heteroatoms.